The molecule has 0 spiro atoms. The predicted octanol–water partition coefficient (Wildman–Crippen LogP) is 5.02. The summed E-state index contributed by atoms with van der Waals surface area (Å²) in [6, 6.07) is 10.4. The molecule has 0 amide bonds. The Balaban J connectivity index is 2.48. The predicted molar refractivity (Wildman–Crippen MR) is 73.5 cm³/mol. The molecule has 4 heteroatoms. The summed E-state index contributed by atoms with van der Waals surface area (Å²) in [7, 11) is 1.52. The Labute approximate surface area is 115 Å². The van der Waals surface area contributed by atoms with Crippen molar-refractivity contribution in [3.8, 4) is 16.9 Å². The Hall–Kier alpha value is -2.23. The minimum absolute atomic E-state index is 0.607. The molecule has 0 aliphatic rings. The van der Waals surface area contributed by atoms with Crippen LogP contribution in [0.4, 0.5) is 13.2 Å². The Kier molecular flexibility index (Phi) is 3.84. The molecule has 0 aliphatic carbocycles. The lowest BCUT2D eigenvalue weighted by Gasteiger charge is -2.11. The van der Waals surface area contributed by atoms with Crippen molar-refractivity contribution in [2.75, 3.05) is 7.11 Å². The van der Waals surface area contributed by atoms with Gasteiger partial charge in [-0.2, -0.15) is 13.2 Å². The Morgan fingerprint density at radius 1 is 1.05 bits per heavy atom. The largest absolute Gasteiger partial charge is 0.496 e. The van der Waals surface area contributed by atoms with E-state index in [4.69, 9.17) is 4.74 Å². The van der Waals surface area contributed by atoms with Crippen LogP contribution in [-0.4, -0.2) is 7.11 Å². The van der Waals surface area contributed by atoms with E-state index in [1.807, 2.05) is 12.1 Å². The molecule has 0 N–H and O–H groups in total. The summed E-state index contributed by atoms with van der Waals surface area (Å²) in [5.41, 5.74) is 1.61. The molecule has 2 aromatic rings. The van der Waals surface area contributed by atoms with Gasteiger partial charge in [0.1, 0.15) is 5.75 Å². The number of ether oxygens (including phenoxy) is 1. The molecular formula is C16H13F3O. The van der Waals surface area contributed by atoms with Gasteiger partial charge in [-0.1, -0.05) is 30.9 Å². The minimum atomic E-state index is -4.33. The highest BCUT2D eigenvalue weighted by atomic mass is 19.4. The van der Waals surface area contributed by atoms with Gasteiger partial charge in [0, 0.05) is 5.56 Å². The van der Waals surface area contributed by atoms with Gasteiger partial charge < -0.3 is 4.74 Å². The number of hydrogen-bond acceptors (Lipinski definition) is 1. The molecule has 0 saturated heterocycles. The van der Waals surface area contributed by atoms with E-state index in [-0.39, 0.29) is 0 Å². The summed E-state index contributed by atoms with van der Waals surface area (Å²) in [4.78, 5) is 0. The van der Waals surface area contributed by atoms with Gasteiger partial charge in [-0.15, -0.1) is 0 Å². The topological polar surface area (TPSA) is 9.23 Å². The molecule has 2 aromatic carbocycles. The summed E-state index contributed by atoms with van der Waals surface area (Å²) < 4.78 is 42.9. The van der Waals surface area contributed by atoms with E-state index in [0.29, 0.717) is 11.3 Å². The Bertz CT molecular complexity index is 613. The van der Waals surface area contributed by atoms with Crippen LogP contribution in [0.5, 0.6) is 5.75 Å². The van der Waals surface area contributed by atoms with Crippen LogP contribution in [0.3, 0.4) is 0 Å². The van der Waals surface area contributed by atoms with Gasteiger partial charge in [0.2, 0.25) is 0 Å². The van der Waals surface area contributed by atoms with E-state index < -0.39 is 11.7 Å². The van der Waals surface area contributed by atoms with Crippen molar-refractivity contribution in [3.05, 3.63) is 60.2 Å². The molecule has 0 aliphatic heterocycles. The number of benzene rings is 2. The Morgan fingerprint density at radius 3 is 2.20 bits per heavy atom. The molecule has 104 valence electrons. The fraction of sp³-hybridized carbons (Fsp3) is 0.125. The molecule has 0 radical (unpaired) electrons. The lowest BCUT2D eigenvalue weighted by atomic mass is 10.0. The maximum absolute atomic E-state index is 12.5. The first-order valence-corrected chi connectivity index (χ1v) is 5.94. The van der Waals surface area contributed by atoms with E-state index in [1.54, 1.807) is 12.1 Å². The van der Waals surface area contributed by atoms with Crippen LogP contribution in [0, 0.1) is 0 Å². The summed E-state index contributed by atoms with van der Waals surface area (Å²) in [5, 5.41) is 0. The zero-order valence-electron chi connectivity index (χ0n) is 10.9. The molecule has 0 saturated carbocycles. The van der Waals surface area contributed by atoms with Crippen molar-refractivity contribution in [1.29, 1.82) is 0 Å². The fourth-order valence-corrected chi connectivity index (χ4v) is 1.92. The lowest BCUT2D eigenvalue weighted by Crippen LogP contribution is -2.04. The van der Waals surface area contributed by atoms with E-state index in [9.17, 15) is 13.2 Å². The molecular weight excluding hydrogens is 265 g/mol. The first kappa shape index (κ1) is 14.2. The second kappa shape index (κ2) is 5.41. The quantitative estimate of drug-likeness (QED) is 0.765. The number of halogens is 3. The minimum Gasteiger partial charge on any atom is -0.496 e. The van der Waals surface area contributed by atoms with Gasteiger partial charge in [0.05, 0.1) is 12.7 Å². The first-order chi connectivity index (χ1) is 9.45. The van der Waals surface area contributed by atoms with Gasteiger partial charge >= 0.3 is 6.18 Å². The zero-order chi connectivity index (χ0) is 14.8. The molecule has 0 unspecified atom stereocenters. The summed E-state index contributed by atoms with van der Waals surface area (Å²) in [5.74, 6) is 0.607. The van der Waals surface area contributed by atoms with Crippen LogP contribution in [0.25, 0.3) is 17.2 Å². The van der Waals surface area contributed by atoms with Gasteiger partial charge in [0.15, 0.2) is 0 Å². The molecule has 2 rings (SSSR count). The molecule has 0 aromatic heterocycles. The van der Waals surface area contributed by atoms with Crippen molar-refractivity contribution >= 4 is 6.08 Å². The van der Waals surface area contributed by atoms with Crippen LogP contribution >= 0.6 is 0 Å². The molecule has 0 heterocycles. The highest BCUT2D eigenvalue weighted by Crippen LogP contribution is 2.34. The van der Waals surface area contributed by atoms with Gasteiger partial charge in [-0.25, -0.2) is 0 Å². The second-order valence-electron chi connectivity index (χ2n) is 4.24. The van der Waals surface area contributed by atoms with Crippen molar-refractivity contribution < 1.29 is 17.9 Å². The SMILES string of the molecule is C=Cc1ccc(OC)c(-c2ccc(C(F)(F)F)cc2)c1. The van der Waals surface area contributed by atoms with Gasteiger partial charge in [-0.3, -0.25) is 0 Å². The highest BCUT2D eigenvalue weighted by Gasteiger charge is 2.30. The molecule has 20 heavy (non-hydrogen) atoms. The smallest absolute Gasteiger partial charge is 0.416 e. The number of methoxy groups -OCH3 is 1. The third-order valence-corrected chi connectivity index (χ3v) is 2.98. The van der Waals surface area contributed by atoms with Crippen molar-refractivity contribution in [2.24, 2.45) is 0 Å². The monoisotopic (exact) mass is 278 g/mol. The van der Waals surface area contributed by atoms with E-state index in [1.165, 1.54) is 19.2 Å². The van der Waals surface area contributed by atoms with Crippen LogP contribution in [-0.2, 0) is 6.18 Å². The van der Waals surface area contributed by atoms with Crippen LogP contribution in [0.1, 0.15) is 11.1 Å². The number of hydrogen-bond donors (Lipinski definition) is 0. The number of rotatable bonds is 3. The van der Waals surface area contributed by atoms with Crippen molar-refractivity contribution in [1.82, 2.24) is 0 Å². The lowest BCUT2D eigenvalue weighted by molar-refractivity contribution is -0.137. The average Bonchev–Trinajstić information content (AvgIpc) is 2.45. The van der Waals surface area contributed by atoms with E-state index in [0.717, 1.165) is 23.3 Å². The van der Waals surface area contributed by atoms with E-state index >= 15 is 0 Å². The van der Waals surface area contributed by atoms with Gasteiger partial charge in [-0.05, 0) is 35.4 Å². The Morgan fingerprint density at radius 2 is 1.70 bits per heavy atom. The van der Waals surface area contributed by atoms with Crippen LogP contribution in [0.15, 0.2) is 49.0 Å². The molecule has 1 nitrogen and oxygen atoms in total. The molecule has 0 bridgehead atoms. The van der Waals surface area contributed by atoms with Gasteiger partial charge in [0.25, 0.3) is 0 Å². The zero-order valence-corrected chi connectivity index (χ0v) is 10.9. The third-order valence-electron chi connectivity index (χ3n) is 2.98. The summed E-state index contributed by atoms with van der Waals surface area (Å²) in [6.07, 6.45) is -2.65. The molecule has 0 fully saturated rings. The van der Waals surface area contributed by atoms with E-state index in [2.05, 4.69) is 6.58 Å². The van der Waals surface area contributed by atoms with Crippen molar-refractivity contribution in [3.63, 3.8) is 0 Å². The standard InChI is InChI=1S/C16H13F3O/c1-3-11-4-9-15(20-2)14(10-11)12-5-7-13(8-6-12)16(17,18)19/h3-10H,1H2,2H3. The normalized spacial score (nSPS) is 11.2. The van der Waals surface area contributed by atoms with Crippen molar-refractivity contribution in [2.45, 2.75) is 6.18 Å². The average molecular weight is 278 g/mol. The number of alkyl halides is 3. The van der Waals surface area contributed by atoms with Crippen LogP contribution < -0.4 is 4.74 Å². The second-order valence-corrected chi connectivity index (χ2v) is 4.24. The fourth-order valence-electron chi connectivity index (χ4n) is 1.92. The van der Waals surface area contributed by atoms with Crippen LogP contribution in [0.2, 0.25) is 0 Å². The third kappa shape index (κ3) is 2.85. The maximum atomic E-state index is 12.5. The maximum Gasteiger partial charge on any atom is 0.416 e. The summed E-state index contributed by atoms with van der Waals surface area (Å²) >= 11 is 0. The highest BCUT2D eigenvalue weighted by molar-refractivity contribution is 5.73. The first-order valence-electron chi connectivity index (χ1n) is 5.94. The summed E-state index contributed by atoms with van der Waals surface area (Å²) in [6.45, 7) is 3.68. The molecule has 0 atom stereocenters.